The SMILES string of the molecule is CCC(CC)C1CNCC(C)(C(C)C)O1. The van der Waals surface area contributed by atoms with Gasteiger partial charge in [0.25, 0.3) is 0 Å². The molecule has 1 heterocycles. The summed E-state index contributed by atoms with van der Waals surface area (Å²) in [4.78, 5) is 0. The largest absolute Gasteiger partial charge is 0.369 e. The van der Waals surface area contributed by atoms with Crippen molar-refractivity contribution < 1.29 is 4.74 Å². The Morgan fingerprint density at radius 1 is 1.33 bits per heavy atom. The van der Waals surface area contributed by atoms with Crippen molar-refractivity contribution in [1.29, 1.82) is 0 Å². The smallest absolute Gasteiger partial charge is 0.0805 e. The molecule has 0 aromatic carbocycles. The van der Waals surface area contributed by atoms with Gasteiger partial charge in [-0.1, -0.05) is 40.5 Å². The average molecular weight is 213 g/mol. The van der Waals surface area contributed by atoms with Crippen molar-refractivity contribution in [2.24, 2.45) is 11.8 Å². The molecule has 0 saturated carbocycles. The van der Waals surface area contributed by atoms with Gasteiger partial charge in [0, 0.05) is 13.1 Å². The molecular weight excluding hydrogens is 186 g/mol. The van der Waals surface area contributed by atoms with Crippen LogP contribution in [0.1, 0.15) is 47.5 Å². The fraction of sp³-hybridized carbons (Fsp3) is 1.00. The van der Waals surface area contributed by atoms with Gasteiger partial charge < -0.3 is 10.1 Å². The van der Waals surface area contributed by atoms with Crippen molar-refractivity contribution in [3.05, 3.63) is 0 Å². The summed E-state index contributed by atoms with van der Waals surface area (Å²) in [5.41, 5.74) is 0.0194. The fourth-order valence-corrected chi connectivity index (χ4v) is 2.31. The maximum Gasteiger partial charge on any atom is 0.0805 e. The summed E-state index contributed by atoms with van der Waals surface area (Å²) >= 11 is 0. The van der Waals surface area contributed by atoms with Gasteiger partial charge in [0.2, 0.25) is 0 Å². The van der Waals surface area contributed by atoms with E-state index in [1.807, 2.05) is 0 Å². The summed E-state index contributed by atoms with van der Waals surface area (Å²) in [5.74, 6) is 1.28. The number of morpholine rings is 1. The van der Waals surface area contributed by atoms with Crippen LogP contribution in [0.15, 0.2) is 0 Å². The summed E-state index contributed by atoms with van der Waals surface area (Å²) < 4.78 is 6.32. The quantitative estimate of drug-likeness (QED) is 0.775. The molecule has 15 heavy (non-hydrogen) atoms. The molecule has 2 atom stereocenters. The van der Waals surface area contributed by atoms with E-state index in [-0.39, 0.29) is 5.60 Å². The van der Waals surface area contributed by atoms with Crippen LogP contribution in [0.2, 0.25) is 0 Å². The zero-order valence-corrected chi connectivity index (χ0v) is 11.0. The number of ether oxygens (including phenoxy) is 1. The molecule has 2 nitrogen and oxygen atoms in total. The predicted octanol–water partition coefficient (Wildman–Crippen LogP) is 2.83. The zero-order chi connectivity index (χ0) is 11.5. The third-order valence-electron chi connectivity index (χ3n) is 4.04. The Balaban J connectivity index is 2.62. The van der Waals surface area contributed by atoms with Crippen molar-refractivity contribution >= 4 is 0 Å². The molecule has 0 radical (unpaired) electrons. The third kappa shape index (κ3) is 2.94. The average Bonchev–Trinajstić information content (AvgIpc) is 2.19. The maximum atomic E-state index is 6.32. The van der Waals surface area contributed by atoms with Gasteiger partial charge in [-0.3, -0.25) is 0 Å². The highest BCUT2D eigenvalue weighted by Gasteiger charge is 2.37. The summed E-state index contributed by atoms with van der Waals surface area (Å²) in [5, 5.41) is 3.53. The van der Waals surface area contributed by atoms with Gasteiger partial charge in [-0.2, -0.15) is 0 Å². The van der Waals surface area contributed by atoms with Crippen LogP contribution in [-0.2, 0) is 4.74 Å². The minimum absolute atomic E-state index is 0.0194. The van der Waals surface area contributed by atoms with Crippen molar-refractivity contribution in [2.75, 3.05) is 13.1 Å². The van der Waals surface area contributed by atoms with Crippen LogP contribution >= 0.6 is 0 Å². The Labute approximate surface area is 94.8 Å². The summed E-state index contributed by atoms with van der Waals surface area (Å²) in [6.45, 7) is 13.3. The molecule has 2 unspecified atom stereocenters. The highest BCUT2D eigenvalue weighted by molar-refractivity contribution is 4.89. The van der Waals surface area contributed by atoms with Crippen molar-refractivity contribution in [1.82, 2.24) is 5.32 Å². The lowest BCUT2D eigenvalue weighted by Gasteiger charge is -2.44. The maximum absolute atomic E-state index is 6.32. The Bertz CT molecular complexity index is 189. The molecule has 1 N–H and O–H groups in total. The molecule has 90 valence electrons. The number of nitrogens with one attached hydrogen (secondary N) is 1. The lowest BCUT2D eigenvalue weighted by molar-refractivity contribution is -0.148. The molecule has 0 aromatic rings. The van der Waals surface area contributed by atoms with E-state index in [2.05, 4.69) is 39.9 Å². The highest BCUT2D eigenvalue weighted by atomic mass is 16.5. The minimum Gasteiger partial charge on any atom is -0.369 e. The molecule has 1 rings (SSSR count). The minimum atomic E-state index is 0.0194. The molecule has 0 amide bonds. The monoisotopic (exact) mass is 213 g/mol. The predicted molar refractivity (Wildman–Crippen MR) is 65.1 cm³/mol. The topological polar surface area (TPSA) is 21.3 Å². The van der Waals surface area contributed by atoms with Crippen LogP contribution in [0, 0.1) is 11.8 Å². The van der Waals surface area contributed by atoms with Gasteiger partial charge in [-0.25, -0.2) is 0 Å². The molecule has 0 aliphatic carbocycles. The van der Waals surface area contributed by atoms with Gasteiger partial charge in [0.1, 0.15) is 0 Å². The number of hydrogen-bond acceptors (Lipinski definition) is 2. The van der Waals surface area contributed by atoms with Crippen LogP contribution in [-0.4, -0.2) is 24.8 Å². The Morgan fingerprint density at radius 3 is 2.40 bits per heavy atom. The summed E-state index contributed by atoms with van der Waals surface area (Å²) in [7, 11) is 0. The zero-order valence-electron chi connectivity index (χ0n) is 11.0. The number of hydrogen-bond donors (Lipinski definition) is 1. The van der Waals surface area contributed by atoms with Crippen LogP contribution < -0.4 is 5.32 Å². The molecular formula is C13H27NO. The van der Waals surface area contributed by atoms with E-state index < -0.39 is 0 Å². The van der Waals surface area contributed by atoms with Crippen LogP contribution in [0.5, 0.6) is 0 Å². The standard InChI is InChI=1S/C13H27NO/c1-6-11(7-2)12-8-14-9-13(5,15-12)10(3)4/h10-12,14H,6-9H2,1-5H3. The Kier molecular flexibility index (Phi) is 4.60. The Hall–Kier alpha value is -0.0800. The van der Waals surface area contributed by atoms with Crippen molar-refractivity contribution in [3.8, 4) is 0 Å². The van der Waals surface area contributed by atoms with Crippen molar-refractivity contribution in [2.45, 2.75) is 59.2 Å². The van der Waals surface area contributed by atoms with E-state index in [4.69, 9.17) is 4.74 Å². The van der Waals surface area contributed by atoms with E-state index >= 15 is 0 Å². The lowest BCUT2D eigenvalue weighted by atomic mass is 9.87. The Morgan fingerprint density at radius 2 is 1.93 bits per heavy atom. The first-order valence-electron chi connectivity index (χ1n) is 6.42. The summed E-state index contributed by atoms with van der Waals surface area (Å²) in [6, 6.07) is 0. The molecule has 2 heteroatoms. The fourth-order valence-electron chi connectivity index (χ4n) is 2.31. The van der Waals surface area contributed by atoms with Crippen LogP contribution in [0.4, 0.5) is 0 Å². The van der Waals surface area contributed by atoms with E-state index in [0.717, 1.165) is 13.1 Å². The first-order valence-corrected chi connectivity index (χ1v) is 6.42. The second-order valence-electron chi connectivity index (χ2n) is 5.33. The highest BCUT2D eigenvalue weighted by Crippen LogP contribution is 2.29. The number of rotatable bonds is 4. The molecule has 0 aromatic heterocycles. The first kappa shape index (κ1) is 13.0. The van der Waals surface area contributed by atoms with E-state index in [9.17, 15) is 0 Å². The van der Waals surface area contributed by atoms with E-state index in [0.29, 0.717) is 17.9 Å². The van der Waals surface area contributed by atoms with Gasteiger partial charge in [0.15, 0.2) is 0 Å². The third-order valence-corrected chi connectivity index (χ3v) is 4.04. The second-order valence-corrected chi connectivity index (χ2v) is 5.33. The van der Waals surface area contributed by atoms with Gasteiger partial charge in [-0.15, -0.1) is 0 Å². The van der Waals surface area contributed by atoms with Crippen LogP contribution in [0.25, 0.3) is 0 Å². The molecule has 1 saturated heterocycles. The molecule has 1 aliphatic heterocycles. The van der Waals surface area contributed by atoms with Gasteiger partial charge in [0.05, 0.1) is 11.7 Å². The van der Waals surface area contributed by atoms with Gasteiger partial charge in [-0.05, 0) is 18.8 Å². The molecule has 1 aliphatic rings. The molecule has 1 fully saturated rings. The first-order chi connectivity index (χ1) is 7.03. The van der Waals surface area contributed by atoms with Gasteiger partial charge >= 0.3 is 0 Å². The van der Waals surface area contributed by atoms with E-state index in [1.54, 1.807) is 0 Å². The molecule has 0 bridgehead atoms. The molecule has 0 spiro atoms. The van der Waals surface area contributed by atoms with Crippen LogP contribution in [0.3, 0.4) is 0 Å². The second kappa shape index (κ2) is 5.31. The van der Waals surface area contributed by atoms with Crippen molar-refractivity contribution in [3.63, 3.8) is 0 Å². The normalized spacial score (nSPS) is 32.6. The summed E-state index contributed by atoms with van der Waals surface area (Å²) in [6.07, 6.45) is 2.84. The lowest BCUT2D eigenvalue weighted by Crippen LogP contribution is -2.56. The van der Waals surface area contributed by atoms with E-state index in [1.165, 1.54) is 12.8 Å².